The summed E-state index contributed by atoms with van der Waals surface area (Å²) in [6.45, 7) is 0.851. The molecule has 36 heavy (non-hydrogen) atoms. The van der Waals surface area contributed by atoms with Gasteiger partial charge in [0, 0.05) is 28.3 Å². The van der Waals surface area contributed by atoms with Crippen LogP contribution in [0.5, 0.6) is 23.0 Å². The number of amides is 2. The molecule has 0 radical (unpaired) electrons. The Balaban J connectivity index is 1.37. The van der Waals surface area contributed by atoms with Gasteiger partial charge in [0.15, 0.2) is 23.0 Å². The third kappa shape index (κ3) is 4.92. The van der Waals surface area contributed by atoms with Crippen LogP contribution in [0.1, 0.15) is 17.2 Å². The minimum absolute atomic E-state index is 0.108. The summed E-state index contributed by atoms with van der Waals surface area (Å²) in [5, 5.41) is 2.73. The number of carbonyl (C=O) groups is 2. The molecule has 0 saturated heterocycles. The Hall–Kier alpha value is -3.85. The molecule has 2 aliphatic rings. The normalized spacial score (nSPS) is 16.6. The van der Waals surface area contributed by atoms with Crippen molar-refractivity contribution in [1.29, 1.82) is 0 Å². The molecular weight excluding hydrogens is 480 g/mol. The molecule has 0 bridgehead atoms. The van der Waals surface area contributed by atoms with E-state index in [9.17, 15) is 9.59 Å². The average Bonchev–Trinajstić information content (AvgIpc) is 3.04. The van der Waals surface area contributed by atoms with Gasteiger partial charge in [-0.3, -0.25) is 9.59 Å². The van der Waals surface area contributed by atoms with Crippen LogP contribution in [0.2, 0.25) is 0 Å². The van der Waals surface area contributed by atoms with Crippen molar-refractivity contribution in [3.63, 3.8) is 0 Å². The summed E-state index contributed by atoms with van der Waals surface area (Å²) in [4.78, 5) is 28.9. The van der Waals surface area contributed by atoms with E-state index in [1.165, 1.54) is 0 Å². The maximum Gasteiger partial charge on any atom is 0.244 e. The number of benzene rings is 3. The SMILES string of the molecule is COc1ccc([C@@H]2CC(=O)N(CC(=O)Nc3ccc4c(c3)OCCO4)c3ccccc3S2)cc1OC. The molecule has 3 aromatic carbocycles. The van der Waals surface area contributed by atoms with Gasteiger partial charge in [0.1, 0.15) is 19.8 Å². The van der Waals surface area contributed by atoms with Crippen molar-refractivity contribution in [3.8, 4) is 23.0 Å². The summed E-state index contributed by atoms with van der Waals surface area (Å²) in [5.74, 6) is 2.03. The second kappa shape index (κ2) is 10.4. The lowest BCUT2D eigenvalue weighted by Crippen LogP contribution is -2.38. The topological polar surface area (TPSA) is 86.3 Å². The molecule has 5 rings (SSSR count). The highest BCUT2D eigenvalue weighted by Gasteiger charge is 2.31. The zero-order valence-corrected chi connectivity index (χ0v) is 20.8. The van der Waals surface area contributed by atoms with E-state index in [4.69, 9.17) is 18.9 Å². The molecule has 8 nitrogen and oxygen atoms in total. The molecule has 1 atom stereocenters. The Kier molecular flexibility index (Phi) is 6.90. The van der Waals surface area contributed by atoms with Crippen LogP contribution < -0.4 is 29.2 Å². The minimum Gasteiger partial charge on any atom is -0.493 e. The van der Waals surface area contributed by atoms with Crippen LogP contribution >= 0.6 is 11.8 Å². The number of nitrogens with one attached hydrogen (secondary N) is 1. The predicted octanol–water partition coefficient (Wildman–Crippen LogP) is 4.68. The van der Waals surface area contributed by atoms with Crippen LogP contribution in [0.15, 0.2) is 65.6 Å². The molecule has 1 N–H and O–H groups in total. The Morgan fingerprint density at radius 3 is 2.58 bits per heavy atom. The molecular formula is C27H26N2O6S. The Labute approximate surface area is 213 Å². The van der Waals surface area contributed by atoms with Gasteiger partial charge < -0.3 is 29.2 Å². The fourth-order valence-electron chi connectivity index (χ4n) is 4.26. The van der Waals surface area contributed by atoms with Gasteiger partial charge in [-0.25, -0.2) is 0 Å². The summed E-state index contributed by atoms with van der Waals surface area (Å²) in [6.07, 6.45) is 0.228. The summed E-state index contributed by atoms with van der Waals surface area (Å²) in [6, 6.07) is 18.6. The van der Waals surface area contributed by atoms with Crippen LogP contribution in [0.3, 0.4) is 0 Å². The molecule has 0 spiro atoms. The fraction of sp³-hybridized carbons (Fsp3) is 0.259. The first-order valence-corrected chi connectivity index (χ1v) is 12.4. The molecule has 3 aromatic rings. The van der Waals surface area contributed by atoms with E-state index in [1.54, 1.807) is 49.1 Å². The maximum absolute atomic E-state index is 13.5. The summed E-state index contributed by atoms with van der Waals surface area (Å²) in [5.41, 5.74) is 2.24. The molecule has 0 aromatic heterocycles. The molecule has 0 unspecified atom stereocenters. The second-order valence-corrected chi connectivity index (χ2v) is 9.52. The van der Waals surface area contributed by atoms with Crippen molar-refractivity contribution in [2.24, 2.45) is 0 Å². The van der Waals surface area contributed by atoms with E-state index in [0.29, 0.717) is 47.6 Å². The molecule has 0 aliphatic carbocycles. The van der Waals surface area contributed by atoms with Crippen molar-refractivity contribution < 1.29 is 28.5 Å². The Bertz CT molecular complexity index is 1300. The van der Waals surface area contributed by atoms with Crippen molar-refractivity contribution in [1.82, 2.24) is 0 Å². The highest BCUT2D eigenvalue weighted by Crippen LogP contribution is 2.46. The van der Waals surface area contributed by atoms with Gasteiger partial charge in [0.25, 0.3) is 0 Å². The van der Waals surface area contributed by atoms with Crippen LogP contribution in [-0.2, 0) is 9.59 Å². The van der Waals surface area contributed by atoms with Gasteiger partial charge in [-0.15, -0.1) is 11.8 Å². The number of thioether (sulfide) groups is 1. The molecule has 186 valence electrons. The summed E-state index contributed by atoms with van der Waals surface area (Å²) in [7, 11) is 3.18. The maximum atomic E-state index is 13.5. The smallest absolute Gasteiger partial charge is 0.244 e. The number of methoxy groups -OCH3 is 2. The first kappa shape index (κ1) is 23.9. The number of fused-ring (bicyclic) bond motifs is 2. The summed E-state index contributed by atoms with van der Waals surface area (Å²) >= 11 is 1.60. The fourth-order valence-corrected chi connectivity index (χ4v) is 5.53. The molecule has 2 aliphatic heterocycles. The van der Waals surface area contributed by atoms with Crippen LogP contribution in [0.4, 0.5) is 11.4 Å². The third-order valence-electron chi connectivity index (χ3n) is 5.99. The van der Waals surface area contributed by atoms with Crippen LogP contribution in [-0.4, -0.2) is 45.8 Å². The van der Waals surface area contributed by atoms with E-state index in [0.717, 1.165) is 10.5 Å². The lowest BCUT2D eigenvalue weighted by Gasteiger charge is -2.22. The molecule has 0 fully saturated rings. The van der Waals surface area contributed by atoms with E-state index in [2.05, 4.69) is 5.32 Å². The largest absolute Gasteiger partial charge is 0.493 e. The van der Waals surface area contributed by atoms with Gasteiger partial charge in [0.05, 0.1) is 19.9 Å². The number of carbonyl (C=O) groups excluding carboxylic acids is 2. The highest BCUT2D eigenvalue weighted by molar-refractivity contribution is 7.99. The van der Waals surface area contributed by atoms with E-state index < -0.39 is 0 Å². The lowest BCUT2D eigenvalue weighted by atomic mass is 10.1. The van der Waals surface area contributed by atoms with Crippen LogP contribution in [0.25, 0.3) is 0 Å². The van der Waals surface area contributed by atoms with Crippen molar-refractivity contribution in [2.45, 2.75) is 16.6 Å². The second-order valence-electron chi connectivity index (χ2n) is 8.28. The minimum atomic E-state index is -0.301. The third-order valence-corrected chi connectivity index (χ3v) is 7.32. The van der Waals surface area contributed by atoms with Crippen molar-refractivity contribution in [2.75, 3.05) is 44.2 Å². The first-order valence-electron chi connectivity index (χ1n) is 11.5. The standard InChI is InChI=1S/C27H26N2O6S/c1-32-20-9-7-17(13-22(20)33-2)25-15-27(31)29(19-5-3-4-6-24(19)36-25)16-26(30)28-18-8-10-21-23(14-18)35-12-11-34-21/h3-10,13-14,25H,11-12,15-16H2,1-2H3,(H,28,30)/t25-/m0/s1. The number of nitrogens with zero attached hydrogens (tertiary/aromatic N) is 1. The molecule has 0 saturated carbocycles. The number of anilines is 2. The van der Waals surface area contributed by atoms with Gasteiger partial charge in [-0.1, -0.05) is 18.2 Å². The van der Waals surface area contributed by atoms with Gasteiger partial charge >= 0.3 is 0 Å². The van der Waals surface area contributed by atoms with Gasteiger partial charge in [-0.2, -0.15) is 0 Å². The van der Waals surface area contributed by atoms with Gasteiger partial charge in [0.2, 0.25) is 11.8 Å². The quantitative estimate of drug-likeness (QED) is 0.519. The first-order chi connectivity index (χ1) is 17.6. The Morgan fingerprint density at radius 2 is 1.78 bits per heavy atom. The molecule has 2 heterocycles. The number of hydrogen-bond acceptors (Lipinski definition) is 7. The number of hydrogen-bond donors (Lipinski definition) is 1. The predicted molar refractivity (Wildman–Crippen MR) is 138 cm³/mol. The highest BCUT2D eigenvalue weighted by atomic mass is 32.2. The summed E-state index contributed by atoms with van der Waals surface area (Å²) < 4.78 is 22.0. The van der Waals surface area contributed by atoms with Crippen LogP contribution in [0, 0.1) is 0 Å². The van der Waals surface area contributed by atoms with E-state index in [1.807, 2.05) is 42.5 Å². The van der Waals surface area contributed by atoms with Crippen molar-refractivity contribution in [3.05, 3.63) is 66.2 Å². The average molecular weight is 507 g/mol. The molecule has 2 amide bonds. The zero-order valence-electron chi connectivity index (χ0n) is 20.0. The van der Waals surface area contributed by atoms with E-state index >= 15 is 0 Å². The molecule has 9 heteroatoms. The number of ether oxygens (including phenoxy) is 4. The van der Waals surface area contributed by atoms with Crippen molar-refractivity contribution >= 4 is 35.0 Å². The Morgan fingerprint density at radius 1 is 1.00 bits per heavy atom. The van der Waals surface area contributed by atoms with Gasteiger partial charge in [-0.05, 0) is 42.0 Å². The zero-order chi connectivity index (χ0) is 25.1. The number of rotatable bonds is 6. The monoisotopic (exact) mass is 506 g/mol. The lowest BCUT2D eigenvalue weighted by molar-refractivity contribution is -0.121. The number of para-hydroxylation sites is 1. The van der Waals surface area contributed by atoms with E-state index in [-0.39, 0.29) is 30.0 Å².